The zero-order valence-corrected chi connectivity index (χ0v) is 18.1. The zero-order valence-electron chi connectivity index (χ0n) is 16.4. The second kappa shape index (κ2) is 7.72. The number of rotatable bonds is 5. The van der Waals surface area contributed by atoms with Crippen molar-refractivity contribution < 1.29 is 14.7 Å². The summed E-state index contributed by atoms with van der Waals surface area (Å²) >= 11 is 2.21. The molecule has 1 aliphatic rings. The maximum absolute atomic E-state index is 12.8. The Labute approximate surface area is 187 Å². The van der Waals surface area contributed by atoms with E-state index in [4.69, 9.17) is 0 Å². The van der Waals surface area contributed by atoms with Crippen molar-refractivity contribution in [1.82, 2.24) is 28.5 Å². The molecule has 0 radical (unpaired) electrons. The van der Waals surface area contributed by atoms with Crippen LogP contribution in [0.4, 0.5) is 11.6 Å². The standard InChI is InChI=1S/C18H14N8O4S2/c1-8-2-12(25-3-9(4-25)16(28)21-11-6-31-24-23-11)22-15-13(8)14(27)10(17(29)30)5-26(15)18-19-7-20-32-18/h2,5-7,9H,3-4H2,1H3,(H,21,28)(H,29,30). The molecule has 0 saturated carbocycles. The van der Waals surface area contributed by atoms with Crippen molar-refractivity contribution in [3.63, 3.8) is 0 Å². The summed E-state index contributed by atoms with van der Waals surface area (Å²) in [5, 5.41) is 18.3. The number of nitrogens with zero attached hydrogens (tertiary/aromatic N) is 7. The summed E-state index contributed by atoms with van der Waals surface area (Å²) < 4.78 is 9.14. The van der Waals surface area contributed by atoms with Gasteiger partial charge in [-0.05, 0) is 30.1 Å². The molecular formula is C18H14N8O4S2. The highest BCUT2D eigenvalue weighted by Gasteiger charge is 2.34. The number of carbonyl (C=O) groups excluding carboxylic acids is 1. The van der Waals surface area contributed by atoms with Crippen LogP contribution in [-0.4, -0.2) is 58.6 Å². The smallest absolute Gasteiger partial charge is 0.341 e. The molecule has 0 bridgehead atoms. The van der Waals surface area contributed by atoms with Gasteiger partial charge in [0.05, 0.1) is 16.7 Å². The van der Waals surface area contributed by atoms with Gasteiger partial charge < -0.3 is 15.3 Å². The minimum Gasteiger partial charge on any atom is -0.477 e. The SMILES string of the molecule is Cc1cc(N2CC(C(=O)Nc3csnn3)C2)nc2c1c(=O)c(C(=O)O)cn2-c1ncns1. The summed E-state index contributed by atoms with van der Waals surface area (Å²) in [5.41, 5.74) is -0.115. The fourth-order valence-electron chi connectivity index (χ4n) is 3.49. The van der Waals surface area contributed by atoms with Crippen LogP contribution in [0.15, 0.2) is 28.8 Å². The van der Waals surface area contributed by atoms with Crippen LogP contribution in [-0.2, 0) is 4.79 Å². The monoisotopic (exact) mass is 470 g/mol. The molecule has 1 fully saturated rings. The van der Waals surface area contributed by atoms with Gasteiger partial charge in [-0.15, -0.1) is 5.10 Å². The van der Waals surface area contributed by atoms with Gasteiger partial charge in [0.1, 0.15) is 17.7 Å². The highest BCUT2D eigenvalue weighted by molar-refractivity contribution is 7.08. The minimum atomic E-state index is -1.33. The highest BCUT2D eigenvalue weighted by Crippen LogP contribution is 2.28. The normalized spacial score (nSPS) is 13.8. The Morgan fingerprint density at radius 1 is 1.31 bits per heavy atom. The van der Waals surface area contributed by atoms with Crippen molar-refractivity contribution in [2.24, 2.45) is 5.92 Å². The van der Waals surface area contributed by atoms with E-state index in [0.29, 0.717) is 35.4 Å². The van der Waals surface area contributed by atoms with Gasteiger partial charge in [-0.3, -0.25) is 14.2 Å². The van der Waals surface area contributed by atoms with Crippen molar-refractivity contribution in [2.75, 3.05) is 23.3 Å². The number of carboxylic acid groups (broad SMARTS) is 1. The molecule has 1 aliphatic heterocycles. The number of aryl methyl sites for hydroxylation is 1. The predicted molar refractivity (Wildman–Crippen MR) is 117 cm³/mol. The quantitative estimate of drug-likeness (QED) is 0.434. The van der Waals surface area contributed by atoms with E-state index < -0.39 is 11.4 Å². The number of pyridine rings is 2. The first-order valence-corrected chi connectivity index (χ1v) is 10.9. The fraction of sp³-hybridized carbons (Fsp3) is 0.222. The van der Waals surface area contributed by atoms with Crippen LogP contribution < -0.4 is 15.6 Å². The number of fused-ring (bicyclic) bond motifs is 1. The van der Waals surface area contributed by atoms with Crippen molar-refractivity contribution in [3.05, 3.63) is 45.3 Å². The lowest BCUT2D eigenvalue weighted by atomic mass is 9.98. The number of aromatic carboxylic acids is 1. The number of hydrogen-bond acceptors (Lipinski definition) is 11. The number of hydrogen-bond donors (Lipinski definition) is 2. The zero-order chi connectivity index (χ0) is 22.4. The van der Waals surface area contributed by atoms with E-state index in [9.17, 15) is 19.5 Å². The second-order valence-corrected chi connectivity index (χ2v) is 8.52. The summed E-state index contributed by atoms with van der Waals surface area (Å²) in [6.07, 6.45) is 2.57. The molecule has 0 aromatic carbocycles. The molecule has 4 aromatic rings. The van der Waals surface area contributed by atoms with E-state index in [1.165, 1.54) is 17.1 Å². The number of carboxylic acids is 1. The molecular weight excluding hydrogens is 456 g/mol. The molecule has 5 rings (SSSR count). The van der Waals surface area contributed by atoms with Gasteiger partial charge >= 0.3 is 5.97 Å². The summed E-state index contributed by atoms with van der Waals surface area (Å²) in [7, 11) is 0. The van der Waals surface area contributed by atoms with Crippen LogP contribution >= 0.6 is 23.1 Å². The third kappa shape index (κ3) is 3.38. The summed E-state index contributed by atoms with van der Waals surface area (Å²) in [4.78, 5) is 47.5. The highest BCUT2D eigenvalue weighted by atomic mass is 32.1. The van der Waals surface area contributed by atoms with Gasteiger partial charge in [0.25, 0.3) is 0 Å². The third-order valence-corrected chi connectivity index (χ3v) is 6.29. The average molecular weight is 470 g/mol. The van der Waals surface area contributed by atoms with Crippen molar-refractivity contribution in [3.8, 4) is 5.13 Å². The van der Waals surface area contributed by atoms with Crippen LogP contribution in [0.5, 0.6) is 0 Å². The maximum atomic E-state index is 12.8. The maximum Gasteiger partial charge on any atom is 0.341 e. The van der Waals surface area contributed by atoms with Gasteiger partial charge in [-0.2, -0.15) is 4.37 Å². The first-order chi connectivity index (χ1) is 15.4. The van der Waals surface area contributed by atoms with Gasteiger partial charge in [0.2, 0.25) is 16.5 Å². The van der Waals surface area contributed by atoms with E-state index in [1.807, 2.05) is 4.90 Å². The lowest BCUT2D eigenvalue weighted by Gasteiger charge is -2.39. The molecule has 14 heteroatoms. The van der Waals surface area contributed by atoms with E-state index in [-0.39, 0.29) is 28.4 Å². The molecule has 1 amide bonds. The fourth-order valence-corrected chi connectivity index (χ4v) is 4.39. The van der Waals surface area contributed by atoms with Crippen molar-refractivity contribution in [2.45, 2.75) is 6.92 Å². The molecule has 0 unspecified atom stereocenters. The molecule has 162 valence electrons. The molecule has 1 saturated heterocycles. The second-order valence-electron chi connectivity index (χ2n) is 7.15. The number of aromatic nitrogens is 6. The summed E-state index contributed by atoms with van der Waals surface area (Å²) in [6.45, 7) is 2.61. The van der Waals surface area contributed by atoms with E-state index >= 15 is 0 Å². The van der Waals surface area contributed by atoms with Crippen LogP contribution in [0.2, 0.25) is 0 Å². The van der Waals surface area contributed by atoms with Crippen LogP contribution in [0.1, 0.15) is 15.9 Å². The third-order valence-electron chi connectivity index (χ3n) is 5.12. The number of amides is 1. The number of anilines is 2. The first kappa shape index (κ1) is 20.1. The van der Waals surface area contributed by atoms with Gasteiger partial charge in [0.15, 0.2) is 11.5 Å². The van der Waals surface area contributed by atoms with Crippen LogP contribution in [0, 0.1) is 12.8 Å². The molecule has 32 heavy (non-hydrogen) atoms. The largest absolute Gasteiger partial charge is 0.477 e. The topological polar surface area (TPSA) is 156 Å². The Morgan fingerprint density at radius 3 is 2.78 bits per heavy atom. The van der Waals surface area contributed by atoms with Gasteiger partial charge in [-0.1, -0.05) is 4.49 Å². The lowest BCUT2D eigenvalue weighted by molar-refractivity contribution is -0.120. The first-order valence-electron chi connectivity index (χ1n) is 9.32. The summed E-state index contributed by atoms with van der Waals surface area (Å²) in [5.74, 6) is -0.716. The molecule has 0 aliphatic carbocycles. The average Bonchev–Trinajstić information content (AvgIpc) is 3.40. The Hall–Kier alpha value is -3.78. The lowest BCUT2D eigenvalue weighted by Crippen LogP contribution is -2.52. The Morgan fingerprint density at radius 2 is 2.12 bits per heavy atom. The molecule has 4 aromatic heterocycles. The molecule has 12 nitrogen and oxygen atoms in total. The van der Waals surface area contributed by atoms with Crippen LogP contribution in [0.25, 0.3) is 16.2 Å². The molecule has 0 spiro atoms. The van der Waals surface area contributed by atoms with E-state index in [0.717, 1.165) is 23.1 Å². The van der Waals surface area contributed by atoms with E-state index in [2.05, 4.69) is 29.2 Å². The van der Waals surface area contributed by atoms with Gasteiger partial charge in [0, 0.05) is 30.8 Å². The van der Waals surface area contributed by atoms with E-state index in [1.54, 1.807) is 18.4 Å². The molecule has 5 heterocycles. The molecule has 0 atom stereocenters. The Kier molecular flexibility index (Phi) is 4.86. The predicted octanol–water partition coefficient (Wildman–Crippen LogP) is 1.17. The Balaban J connectivity index is 1.50. The molecule has 2 N–H and O–H groups in total. The number of carbonyl (C=O) groups is 2. The van der Waals surface area contributed by atoms with Gasteiger partial charge in [-0.25, -0.2) is 14.8 Å². The van der Waals surface area contributed by atoms with Crippen molar-refractivity contribution in [1.29, 1.82) is 0 Å². The van der Waals surface area contributed by atoms with Crippen LogP contribution in [0.3, 0.4) is 0 Å². The van der Waals surface area contributed by atoms with Crippen molar-refractivity contribution >= 4 is 57.6 Å². The number of nitrogens with one attached hydrogen (secondary N) is 1. The minimum absolute atomic E-state index is 0.150. The Bertz CT molecular complexity index is 1390. The summed E-state index contributed by atoms with van der Waals surface area (Å²) in [6, 6.07) is 1.72.